The molecule has 2 nitrogen and oxygen atoms in total. The van der Waals surface area contributed by atoms with Crippen molar-refractivity contribution in [3.05, 3.63) is 34.9 Å². The second-order valence-corrected chi connectivity index (χ2v) is 5.48. The van der Waals surface area contributed by atoms with Crippen LogP contribution in [0.1, 0.15) is 24.8 Å². The number of hydrogen-bond acceptors (Lipinski definition) is 2. The van der Waals surface area contributed by atoms with Crippen LogP contribution in [0.5, 0.6) is 0 Å². The van der Waals surface area contributed by atoms with Crippen LogP contribution in [0.25, 0.3) is 0 Å². The van der Waals surface area contributed by atoms with Crippen molar-refractivity contribution >= 4 is 11.6 Å². The van der Waals surface area contributed by atoms with E-state index in [9.17, 15) is 0 Å². The summed E-state index contributed by atoms with van der Waals surface area (Å²) >= 11 is 6.22. The summed E-state index contributed by atoms with van der Waals surface area (Å²) in [6, 6.07) is 8.64. The Labute approximate surface area is 115 Å². The smallest absolute Gasteiger partial charge is 0.0468 e. The molecule has 0 radical (unpaired) electrons. The first-order valence-corrected chi connectivity index (χ1v) is 7.16. The molecule has 1 aliphatic heterocycles. The molecule has 1 heterocycles. The highest BCUT2D eigenvalue weighted by atomic mass is 35.5. The minimum Gasteiger partial charge on any atom is -0.381 e. The molecule has 1 aromatic carbocycles. The second-order valence-electron chi connectivity index (χ2n) is 5.07. The van der Waals surface area contributed by atoms with Crippen LogP contribution in [0, 0.1) is 5.92 Å². The topological polar surface area (TPSA) is 21.3 Å². The van der Waals surface area contributed by atoms with Gasteiger partial charge in [0.2, 0.25) is 0 Å². The van der Waals surface area contributed by atoms with Gasteiger partial charge in [0.1, 0.15) is 0 Å². The lowest BCUT2D eigenvalue weighted by molar-refractivity contribution is 0.0608. The van der Waals surface area contributed by atoms with E-state index in [2.05, 4.69) is 17.4 Å². The number of benzene rings is 1. The predicted octanol–water partition coefficient (Wildman–Crippen LogP) is 3.29. The molecule has 1 aliphatic rings. The quantitative estimate of drug-likeness (QED) is 0.884. The van der Waals surface area contributed by atoms with Crippen molar-refractivity contribution in [2.75, 3.05) is 20.3 Å². The summed E-state index contributed by atoms with van der Waals surface area (Å²) in [5.41, 5.74) is 1.24. The first-order valence-electron chi connectivity index (χ1n) is 6.78. The SMILES string of the molecule is CNC(Cc1ccccc1Cl)CC1CCOCC1. The first-order chi connectivity index (χ1) is 8.79. The highest BCUT2D eigenvalue weighted by Crippen LogP contribution is 2.23. The number of hydrogen-bond donors (Lipinski definition) is 1. The predicted molar refractivity (Wildman–Crippen MR) is 76.2 cm³/mol. The van der Waals surface area contributed by atoms with Gasteiger partial charge in [-0.3, -0.25) is 0 Å². The van der Waals surface area contributed by atoms with Gasteiger partial charge in [-0.05, 0) is 50.3 Å². The summed E-state index contributed by atoms with van der Waals surface area (Å²) in [6.07, 6.45) is 4.61. The van der Waals surface area contributed by atoms with Crippen molar-refractivity contribution in [1.82, 2.24) is 5.32 Å². The first kappa shape index (κ1) is 13.9. The van der Waals surface area contributed by atoms with E-state index >= 15 is 0 Å². The van der Waals surface area contributed by atoms with Crippen molar-refractivity contribution in [3.63, 3.8) is 0 Å². The van der Waals surface area contributed by atoms with Crippen molar-refractivity contribution in [1.29, 1.82) is 0 Å². The van der Waals surface area contributed by atoms with E-state index in [4.69, 9.17) is 16.3 Å². The van der Waals surface area contributed by atoms with Crippen molar-refractivity contribution < 1.29 is 4.74 Å². The fourth-order valence-electron chi connectivity index (χ4n) is 2.62. The van der Waals surface area contributed by atoms with Gasteiger partial charge in [-0.15, -0.1) is 0 Å². The molecule has 18 heavy (non-hydrogen) atoms. The fourth-order valence-corrected chi connectivity index (χ4v) is 2.83. The number of likely N-dealkylation sites (N-methyl/N-ethyl adjacent to an activating group) is 1. The van der Waals surface area contributed by atoms with Crippen LogP contribution >= 0.6 is 11.6 Å². The van der Waals surface area contributed by atoms with Crippen LogP contribution in [0.15, 0.2) is 24.3 Å². The Morgan fingerprint density at radius 3 is 2.72 bits per heavy atom. The number of rotatable bonds is 5. The Bertz CT molecular complexity index is 363. The molecule has 1 saturated heterocycles. The molecule has 0 bridgehead atoms. The molecule has 1 N–H and O–H groups in total. The molecule has 1 aromatic rings. The summed E-state index contributed by atoms with van der Waals surface area (Å²) in [5, 5.41) is 4.30. The third kappa shape index (κ3) is 3.98. The number of nitrogens with one attached hydrogen (secondary N) is 1. The molecule has 0 saturated carbocycles. The van der Waals surface area contributed by atoms with Gasteiger partial charge in [0, 0.05) is 24.3 Å². The van der Waals surface area contributed by atoms with E-state index in [-0.39, 0.29) is 0 Å². The van der Waals surface area contributed by atoms with Gasteiger partial charge in [-0.2, -0.15) is 0 Å². The molecule has 2 rings (SSSR count). The van der Waals surface area contributed by atoms with Crippen molar-refractivity contribution in [2.24, 2.45) is 5.92 Å². The van der Waals surface area contributed by atoms with E-state index in [0.29, 0.717) is 6.04 Å². The van der Waals surface area contributed by atoms with Crippen molar-refractivity contribution in [3.8, 4) is 0 Å². The Kier molecular flexibility index (Phi) is 5.48. The zero-order valence-corrected chi connectivity index (χ0v) is 11.7. The van der Waals surface area contributed by atoms with Crippen LogP contribution in [0.4, 0.5) is 0 Å². The summed E-state index contributed by atoms with van der Waals surface area (Å²) in [4.78, 5) is 0. The molecule has 3 heteroatoms. The zero-order valence-electron chi connectivity index (χ0n) is 11.0. The van der Waals surface area contributed by atoms with Crippen LogP contribution in [-0.4, -0.2) is 26.3 Å². The van der Waals surface area contributed by atoms with E-state index < -0.39 is 0 Å². The molecule has 0 spiro atoms. The molecule has 0 aromatic heterocycles. The zero-order chi connectivity index (χ0) is 12.8. The molecule has 0 aliphatic carbocycles. The molecular weight excluding hydrogens is 246 g/mol. The van der Waals surface area contributed by atoms with Gasteiger partial charge in [-0.25, -0.2) is 0 Å². The maximum atomic E-state index is 6.22. The molecular formula is C15H22ClNO. The summed E-state index contributed by atoms with van der Waals surface area (Å²) in [6.45, 7) is 1.85. The van der Waals surface area contributed by atoms with Gasteiger partial charge in [0.05, 0.1) is 0 Å². The fraction of sp³-hybridized carbons (Fsp3) is 0.600. The lowest BCUT2D eigenvalue weighted by Crippen LogP contribution is -2.32. The van der Waals surface area contributed by atoms with Crippen LogP contribution in [-0.2, 0) is 11.2 Å². The average Bonchev–Trinajstić information content (AvgIpc) is 2.41. The lowest BCUT2D eigenvalue weighted by atomic mass is 9.90. The number of ether oxygens (including phenoxy) is 1. The molecule has 1 atom stereocenters. The summed E-state index contributed by atoms with van der Waals surface area (Å²) < 4.78 is 5.41. The van der Waals surface area contributed by atoms with E-state index in [1.807, 2.05) is 19.2 Å². The Morgan fingerprint density at radius 2 is 2.06 bits per heavy atom. The lowest BCUT2D eigenvalue weighted by Gasteiger charge is -2.26. The molecule has 0 amide bonds. The second kappa shape index (κ2) is 7.13. The third-order valence-electron chi connectivity index (χ3n) is 3.79. The van der Waals surface area contributed by atoms with E-state index in [1.54, 1.807) is 0 Å². The molecule has 1 unspecified atom stereocenters. The maximum Gasteiger partial charge on any atom is 0.0468 e. The highest BCUT2D eigenvalue weighted by Gasteiger charge is 2.19. The molecule has 100 valence electrons. The summed E-state index contributed by atoms with van der Waals surface area (Å²) in [5.74, 6) is 0.790. The Balaban J connectivity index is 1.90. The van der Waals surface area contributed by atoms with Crippen LogP contribution < -0.4 is 5.32 Å². The van der Waals surface area contributed by atoms with Gasteiger partial charge in [-0.1, -0.05) is 29.8 Å². The van der Waals surface area contributed by atoms with Crippen molar-refractivity contribution in [2.45, 2.75) is 31.7 Å². The van der Waals surface area contributed by atoms with Gasteiger partial charge >= 0.3 is 0 Å². The average molecular weight is 268 g/mol. The normalized spacial score (nSPS) is 18.8. The molecule has 1 fully saturated rings. The minimum atomic E-state index is 0.507. The summed E-state index contributed by atoms with van der Waals surface area (Å²) in [7, 11) is 2.04. The van der Waals surface area contributed by atoms with E-state index in [1.165, 1.54) is 24.8 Å². The largest absolute Gasteiger partial charge is 0.381 e. The van der Waals surface area contributed by atoms with E-state index in [0.717, 1.165) is 30.6 Å². The monoisotopic (exact) mass is 267 g/mol. The van der Waals surface area contributed by atoms with Gasteiger partial charge in [0.15, 0.2) is 0 Å². The minimum absolute atomic E-state index is 0.507. The highest BCUT2D eigenvalue weighted by molar-refractivity contribution is 6.31. The maximum absolute atomic E-state index is 6.22. The Hall–Kier alpha value is -0.570. The van der Waals surface area contributed by atoms with Crippen LogP contribution in [0.3, 0.4) is 0 Å². The third-order valence-corrected chi connectivity index (χ3v) is 4.16. The Morgan fingerprint density at radius 1 is 1.33 bits per heavy atom. The standard InChI is InChI=1S/C15H22ClNO/c1-17-14(10-12-6-8-18-9-7-12)11-13-4-2-3-5-15(13)16/h2-5,12,14,17H,6-11H2,1H3. The van der Waals surface area contributed by atoms with Gasteiger partial charge < -0.3 is 10.1 Å². The van der Waals surface area contributed by atoms with Crippen LogP contribution in [0.2, 0.25) is 5.02 Å². The van der Waals surface area contributed by atoms with Gasteiger partial charge in [0.25, 0.3) is 0 Å². The number of halogens is 1.